The molecule has 2 unspecified atom stereocenters. The van der Waals surface area contributed by atoms with Gasteiger partial charge in [-0.3, -0.25) is 0 Å². The molecule has 1 fully saturated rings. The minimum Gasteiger partial charge on any atom is -0.388 e. The van der Waals surface area contributed by atoms with E-state index in [9.17, 15) is 5.11 Å². The van der Waals surface area contributed by atoms with E-state index >= 15 is 0 Å². The summed E-state index contributed by atoms with van der Waals surface area (Å²) >= 11 is 5.87. The van der Waals surface area contributed by atoms with E-state index in [1.165, 1.54) is 0 Å². The molecule has 0 spiro atoms. The molecule has 1 aliphatic carbocycles. The summed E-state index contributed by atoms with van der Waals surface area (Å²) in [6.45, 7) is 1.99. The molecule has 1 N–H and O–H groups in total. The average molecular weight is 149 g/mol. The van der Waals surface area contributed by atoms with Crippen molar-refractivity contribution in [2.24, 2.45) is 0 Å². The van der Waals surface area contributed by atoms with Crippen molar-refractivity contribution in [1.82, 2.24) is 0 Å². The van der Waals surface area contributed by atoms with Crippen LogP contribution >= 0.6 is 11.6 Å². The summed E-state index contributed by atoms with van der Waals surface area (Å²) in [6.07, 6.45) is 3.74. The van der Waals surface area contributed by atoms with E-state index in [0.29, 0.717) is 0 Å². The van der Waals surface area contributed by atoms with Crippen molar-refractivity contribution in [1.29, 1.82) is 0 Å². The van der Waals surface area contributed by atoms with Crippen LogP contribution in [0.15, 0.2) is 0 Å². The largest absolute Gasteiger partial charge is 0.388 e. The molecule has 0 saturated heterocycles. The molecule has 1 saturated carbocycles. The van der Waals surface area contributed by atoms with E-state index in [1.807, 2.05) is 6.92 Å². The van der Waals surface area contributed by atoms with Gasteiger partial charge in [0.25, 0.3) is 0 Å². The summed E-state index contributed by atoms with van der Waals surface area (Å²) in [5.41, 5.74) is -0.540. The molecule has 0 aromatic carbocycles. The lowest BCUT2D eigenvalue weighted by molar-refractivity contribution is 0.0472. The first-order valence-electron chi connectivity index (χ1n) is 3.55. The molecule has 1 nitrogen and oxygen atoms in total. The molecule has 1 rings (SSSR count). The summed E-state index contributed by atoms with van der Waals surface area (Å²) in [5.74, 6) is 0. The molecule has 2 atom stereocenters. The van der Waals surface area contributed by atoms with Crippen LogP contribution in [0, 0.1) is 0 Å². The SMILES string of the molecule is CCC1(O)CCCC1Cl. The molecular weight excluding hydrogens is 136 g/mol. The van der Waals surface area contributed by atoms with E-state index in [1.54, 1.807) is 0 Å². The summed E-state index contributed by atoms with van der Waals surface area (Å²) in [7, 11) is 0. The quantitative estimate of drug-likeness (QED) is 0.564. The summed E-state index contributed by atoms with van der Waals surface area (Å²) in [4.78, 5) is 0. The summed E-state index contributed by atoms with van der Waals surface area (Å²) in [6, 6.07) is 0. The van der Waals surface area contributed by atoms with Crippen molar-refractivity contribution < 1.29 is 5.11 Å². The lowest BCUT2D eigenvalue weighted by atomic mass is 9.99. The van der Waals surface area contributed by atoms with Gasteiger partial charge in [-0.15, -0.1) is 11.6 Å². The number of aliphatic hydroxyl groups is 1. The minimum atomic E-state index is -0.540. The predicted octanol–water partition coefficient (Wildman–Crippen LogP) is 1.92. The van der Waals surface area contributed by atoms with Crippen molar-refractivity contribution in [3.05, 3.63) is 0 Å². The van der Waals surface area contributed by atoms with Gasteiger partial charge in [-0.25, -0.2) is 0 Å². The Labute approximate surface area is 61.0 Å². The third kappa shape index (κ3) is 1.22. The minimum absolute atomic E-state index is 0.00231. The highest BCUT2D eigenvalue weighted by Gasteiger charge is 2.37. The zero-order chi connectivity index (χ0) is 6.91. The van der Waals surface area contributed by atoms with E-state index in [2.05, 4.69) is 0 Å². The van der Waals surface area contributed by atoms with Gasteiger partial charge in [0.1, 0.15) is 0 Å². The molecule has 2 heteroatoms. The van der Waals surface area contributed by atoms with Gasteiger partial charge in [0, 0.05) is 0 Å². The van der Waals surface area contributed by atoms with Crippen LogP contribution in [-0.4, -0.2) is 16.1 Å². The predicted molar refractivity (Wildman–Crippen MR) is 38.7 cm³/mol. The lowest BCUT2D eigenvalue weighted by Crippen LogP contribution is -2.32. The standard InChI is InChI=1S/C7H13ClO/c1-2-7(9)5-3-4-6(7)8/h6,9H,2-5H2,1H3. The first-order valence-corrected chi connectivity index (χ1v) is 3.99. The fourth-order valence-corrected chi connectivity index (χ4v) is 1.83. The van der Waals surface area contributed by atoms with Gasteiger partial charge in [-0.05, 0) is 25.7 Å². The Bertz CT molecular complexity index is 105. The highest BCUT2D eigenvalue weighted by Crippen LogP contribution is 2.36. The van der Waals surface area contributed by atoms with Crippen LogP contribution in [-0.2, 0) is 0 Å². The molecule has 0 bridgehead atoms. The van der Waals surface area contributed by atoms with Gasteiger partial charge < -0.3 is 5.11 Å². The highest BCUT2D eigenvalue weighted by molar-refractivity contribution is 6.21. The van der Waals surface area contributed by atoms with Crippen molar-refractivity contribution in [2.75, 3.05) is 0 Å². The molecule has 0 aromatic rings. The van der Waals surface area contributed by atoms with Crippen LogP contribution in [0.3, 0.4) is 0 Å². The van der Waals surface area contributed by atoms with Crippen LogP contribution in [0.25, 0.3) is 0 Å². The van der Waals surface area contributed by atoms with Gasteiger partial charge in [-0.1, -0.05) is 6.92 Å². The molecule has 0 aromatic heterocycles. The van der Waals surface area contributed by atoms with E-state index in [0.717, 1.165) is 25.7 Å². The van der Waals surface area contributed by atoms with E-state index in [4.69, 9.17) is 11.6 Å². The van der Waals surface area contributed by atoms with Gasteiger partial charge in [0.05, 0.1) is 11.0 Å². The molecule has 0 heterocycles. The zero-order valence-corrected chi connectivity index (χ0v) is 6.49. The molecule has 54 valence electrons. The third-order valence-corrected chi connectivity index (χ3v) is 2.89. The molecule has 0 amide bonds. The highest BCUT2D eigenvalue weighted by atomic mass is 35.5. The first kappa shape index (κ1) is 7.36. The number of rotatable bonds is 1. The molecular formula is C7H13ClO. The smallest absolute Gasteiger partial charge is 0.0808 e. The second-order valence-electron chi connectivity index (χ2n) is 2.82. The Morgan fingerprint density at radius 1 is 1.78 bits per heavy atom. The second-order valence-corrected chi connectivity index (χ2v) is 3.34. The number of alkyl halides is 1. The van der Waals surface area contributed by atoms with Crippen molar-refractivity contribution in [2.45, 2.75) is 43.6 Å². The van der Waals surface area contributed by atoms with Crippen molar-refractivity contribution in [3.8, 4) is 0 Å². The molecule has 0 aliphatic heterocycles. The third-order valence-electron chi connectivity index (χ3n) is 2.26. The summed E-state index contributed by atoms with van der Waals surface area (Å²) in [5, 5.41) is 9.64. The summed E-state index contributed by atoms with van der Waals surface area (Å²) < 4.78 is 0. The lowest BCUT2D eigenvalue weighted by Gasteiger charge is -2.23. The normalized spacial score (nSPS) is 43.7. The maximum atomic E-state index is 9.64. The Hall–Kier alpha value is 0.250. The average Bonchev–Trinajstić information content (AvgIpc) is 2.15. The van der Waals surface area contributed by atoms with Gasteiger partial charge >= 0.3 is 0 Å². The Balaban J connectivity index is 2.56. The molecule has 0 radical (unpaired) electrons. The van der Waals surface area contributed by atoms with Gasteiger partial charge in [-0.2, -0.15) is 0 Å². The van der Waals surface area contributed by atoms with Gasteiger partial charge in [0.15, 0.2) is 0 Å². The van der Waals surface area contributed by atoms with Crippen LogP contribution in [0.1, 0.15) is 32.6 Å². The zero-order valence-electron chi connectivity index (χ0n) is 5.73. The Kier molecular flexibility index (Phi) is 2.02. The van der Waals surface area contributed by atoms with Crippen LogP contribution in [0.2, 0.25) is 0 Å². The Morgan fingerprint density at radius 2 is 2.44 bits per heavy atom. The topological polar surface area (TPSA) is 20.2 Å². The van der Waals surface area contributed by atoms with Crippen molar-refractivity contribution in [3.63, 3.8) is 0 Å². The number of halogens is 1. The second kappa shape index (κ2) is 2.47. The fraction of sp³-hybridized carbons (Fsp3) is 1.00. The van der Waals surface area contributed by atoms with Crippen LogP contribution in [0.4, 0.5) is 0 Å². The van der Waals surface area contributed by atoms with Gasteiger partial charge in [0.2, 0.25) is 0 Å². The maximum absolute atomic E-state index is 9.64. The monoisotopic (exact) mass is 148 g/mol. The Morgan fingerprint density at radius 3 is 2.67 bits per heavy atom. The van der Waals surface area contributed by atoms with E-state index < -0.39 is 5.60 Å². The number of hydrogen-bond donors (Lipinski definition) is 1. The maximum Gasteiger partial charge on any atom is 0.0808 e. The van der Waals surface area contributed by atoms with Crippen LogP contribution in [0.5, 0.6) is 0 Å². The number of hydrogen-bond acceptors (Lipinski definition) is 1. The van der Waals surface area contributed by atoms with Crippen LogP contribution < -0.4 is 0 Å². The van der Waals surface area contributed by atoms with E-state index in [-0.39, 0.29) is 5.38 Å². The fourth-order valence-electron chi connectivity index (χ4n) is 1.41. The first-order chi connectivity index (χ1) is 4.19. The molecule has 1 aliphatic rings. The molecule has 9 heavy (non-hydrogen) atoms. The van der Waals surface area contributed by atoms with Crippen molar-refractivity contribution >= 4 is 11.6 Å².